The van der Waals surface area contributed by atoms with Crippen LogP contribution in [0.5, 0.6) is 0 Å². The Morgan fingerprint density at radius 3 is 2.50 bits per heavy atom. The Balaban J connectivity index is 1.51. The molecule has 2 amide bonds. The Labute approximate surface area is 212 Å². The minimum Gasteiger partial charge on any atom is -0.465 e. The van der Waals surface area contributed by atoms with E-state index < -0.39 is 39.2 Å². The Kier molecular flexibility index (Phi) is 7.79. The first-order chi connectivity index (χ1) is 17.1. The van der Waals surface area contributed by atoms with Crippen molar-refractivity contribution in [1.29, 1.82) is 0 Å². The molecule has 3 aliphatic heterocycles. The molecule has 3 fully saturated rings. The lowest BCUT2D eigenvalue weighted by molar-refractivity contribution is -0.143. The Bertz CT molecular complexity index is 1080. The molecule has 4 rings (SSSR count). The third-order valence-electron chi connectivity index (χ3n) is 8.18. The van der Waals surface area contributed by atoms with Crippen molar-refractivity contribution in [3.63, 3.8) is 0 Å². The molecule has 36 heavy (non-hydrogen) atoms. The standard InChI is InChI=1S/C24H36N4O7S/c1-17-4-3-5-20(18(17)2)26-9-11-27(12-10-26)36(33,34)16-24(22(29)25-32)7-8-28(23(30)31)21(14-24)19-6-13-35-15-19/h3-5,19,21,32H,6-16H2,1-2H3,(H,25,29)(H,30,31). The lowest BCUT2D eigenvalue weighted by Gasteiger charge is -2.46. The maximum Gasteiger partial charge on any atom is 0.407 e. The molecule has 0 saturated carbocycles. The van der Waals surface area contributed by atoms with Crippen LogP contribution in [-0.2, 0) is 19.6 Å². The molecular formula is C24H36N4O7S. The number of hydrogen-bond donors (Lipinski definition) is 3. The molecule has 200 valence electrons. The summed E-state index contributed by atoms with van der Waals surface area (Å²) in [7, 11) is -3.87. The second-order valence-corrected chi connectivity index (χ2v) is 12.2. The van der Waals surface area contributed by atoms with Gasteiger partial charge in [-0.1, -0.05) is 12.1 Å². The molecule has 0 spiro atoms. The monoisotopic (exact) mass is 524 g/mol. The number of likely N-dealkylation sites (tertiary alicyclic amines) is 1. The van der Waals surface area contributed by atoms with Crippen LogP contribution in [0, 0.1) is 25.2 Å². The fourth-order valence-corrected chi connectivity index (χ4v) is 7.87. The highest BCUT2D eigenvalue weighted by atomic mass is 32.2. The molecule has 11 nitrogen and oxygen atoms in total. The van der Waals surface area contributed by atoms with Crippen molar-refractivity contribution in [3.8, 4) is 0 Å². The highest BCUT2D eigenvalue weighted by Crippen LogP contribution is 2.41. The van der Waals surface area contributed by atoms with Gasteiger partial charge in [0.05, 0.1) is 17.8 Å². The van der Waals surface area contributed by atoms with Gasteiger partial charge in [-0.3, -0.25) is 10.0 Å². The quantitative estimate of drug-likeness (QED) is 0.375. The number of nitrogens with zero attached hydrogens (tertiary/aromatic N) is 3. The number of ether oxygens (including phenoxy) is 1. The topological polar surface area (TPSA) is 140 Å². The highest BCUT2D eigenvalue weighted by Gasteiger charge is 2.52. The van der Waals surface area contributed by atoms with E-state index in [9.17, 15) is 28.3 Å². The molecule has 3 unspecified atom stereocenters. The molecular weight excluding hydrogens is 488 g/mol. The van der Waals surface area contributed by atoms with E-state index >= 15 is 0 Å². The Morgan fingerprint density at radius 2 is 1.89 bits per heavy atom. The number of aryl methyl sites for hydroxylation is 1. The van der Waals surface area contributed by atoms with Gasteiger partial charge in [-0.25, -0.2) is 18.7 Å². The summed E-state index contributed by atoms with van der Waals surface area (Å²) in [5.74, 6) is -1.39. The van der Waals surface area contributed by atoms with E-state index in [4.69, 9.17) is 4.74 Å². The van der Waals surface area contributed by atoms with Crippen molar-refractivity contribution in [2.75, 3.05) is 56.6 Å². The summed E-state index contributed by atoms with van der Waals surface area (Å²) in [6.07, 6.45) is -0.438. The first-order valence-electron chi connectivity index (χ1n) is 12.4. The Morgan fingerprint density at radius 1 is 1.17 bits per heavy atom. The van der Waals surface area contributed by atoms with E-state index in [1.807, 2.05) is 25.1 Å². The third-order valence-corrected chi connectivity index (χ3v) is 10.2. The van der Waals surface area contributed by atoms with E-state index in [1.54, 1.807) is 5.48 Å². The number of carbonyl (C=O) groups is 2. The predicted molar refractivity (Wildman–Crippen MR) is 133 cm³/mol. The summed E-state index contributed by atoms with van der Waals surface area (Å²) >= 11 is 0. The largest absolute Gasteiger partial charge is 0.465 e. The number of sulfonamides is 1. The average Bonchev–Trinajstić information content (AvgIpc) is 3.40. The first-order valence-corrected chi connectivity index (χ1v) is 14.0. The number of nitrogens with one attached hydrogen (secondary N) is 1. The van der Waals surface area contributed by atoms with Crippen molar-refractivity contribution >= 4 is 27.7 Å². The number of piperazine rings is 1. The maximum atomic E-state index is 13.6. The van der Waals surface area contributed by atoms with Crippen LogP contribution in [0.25, 0.3) is 0 Å². The number of benzene rings is 1. The highest BCUT2D eigenvalue weighted by molar-refractivity contribution is 7.89. The molecule has 0 aromatic heterocycles. The van der Waals surface area contributed by atoms with Gasteiger partial charge in [0.2, 0.25) is 10.0 Å². The molecule has 1 aromatic carbocycles. The molecule has 3 saturated heterocycles. The molecule has 12 heteroatoms. The van der Waals surface area contributed by atoms with Gasteiger partial charge >= 0.3 is 6.09 Å². The number of carboxylic acid groups (broad SMARTS) is 1. The normalized spacial score (nSPS) is 27.8. The fourth-order valence-electron chi connectivity index (χ4n) is 5.87. The number of piperidine rings is 1. The minimum atomic E-state index is -3.87. The van der Waals surface area contributed by atoms with Gasteiger partial charge < -0.3 is 19.6 Å². The van der Waals surface area contributed by atoms with Crippen LogP contribution in [0.15, 0.2) is 18.2 Å². The van der Waals surface area contributed by atoms with Crippen LogP contribution in [-0.4, -0.2) is 97.7 Å². The number of rotatable bonds is 6. The second kappa shape index (κ2) is 10.5. The summed E-state index contributed by atoms with van der Waals surface area (Å²) in [5, 5.41) is 19.3. The van der Waals surface area contributed by atoms with E-state index in [0.717, 1.165) is 5.69 Å². The van der Waals surface area contributed by atoms with Crippen LogP contribution in [0.4, 0.5) is 10.5 Å². The zero-order chi connectivity index (χ0) is 26.1. The summed E-state index contributed by atoms with van der Waals surface area (Å²) in [5.41, 5.74) is 3.67. The van der Waals surface area contributed by atoms with Crippen molar-refractivity contribution in [3.05, 3.63) is 29.3 Å². The Hall–Kier alpha value is -2.41. The molecule has 3 N–H and O–H groups in total. The second-order valence-electron chi connectivity index (χ2n) is 10.2. The zero-order valence-corrected chi connectivity index (χ0v) is 21.7. The van der Waals surface area contributed by atoms with Gasteiger partial charge in [0.15, 0.2) is 0 Å². The summed E-state index contributed by atoms with van der Waals surface area (Å²) in [6.45, 7) is 6.59. The average molecular weight is 525 g/mol. The van der Waals surface area contributed by atoms with Crippen molar-refractivity contribution < 1.29 is 33.1 Å². The van der Waals surface area contributed by atoms with Gasteiger partial charge in [0, 0.05) is 57.0 Å². The molecule has 0 bridgehead atoms. The van der Waals surface area contributed by atoms with Crippen LogP contribution < -0.4 is 10.4 Å². The number of hydroxylamine groups is 1. The summed E-state index contributed by atoms with van der Waals surface area (Å²) in [6, 6.07) is 5.52. The number of carbonyl (C=O) groups excluding carboxylic acids is 1. The number of anilines is 1. The summed E-state index contributed by atoms with van der Waals surface area (Å²) in [4.78, 5) is 28.3. The van der Waals surface area contributed by atoms with E-state index in [1.165, 1.54) is 20.3 Å². The maximum absolute atomic E-state index is 13.6. The molecule has 0 radical (unpaired) electrons. The molecule has 0 aliphatic carbocycles. The molecule has 3 heterocycles. The van der Waals surface area contributed by atoms with Gasteiger partial charge in [-0.15, -0.1) is 0 Å². The van der Waals surface area contributed by atoms with E-state index in [-0.39, 0.29) is 38.4 Å². The van der Waals surface area contributed by atoms with Gasteiger partial charge in [0.1, 0.15) is 0 Å². The van der Waals surface area contributed by atoms with Crippen LogP contribution in [0.2, 0.25) is 0 Å². The SMILES string of the molecule is Cc1cccc(N2CCN(S(=O)(=O)CC3(C(=O)NO)CCN(C(=O)O)C(C4CCOC4)C3)CC2)c1C. The number of amides is 2. The van der Waals surface area contributed by atoms with Crippen LogP contribution in [0.1, 0.15) is 30.4 Å². The lowest BCUT2D eigenvalue weighted by atomic mass is 9.73. The third kappa shape index (κ3) is 5.17. The molecule has 3 aliphatic rings. The number of hydrogen-bond acceptors (Lipinski definition) is 7. The molecule has 1 aromatic rings. The predicted octanol–water partition coefficient (Wildman–Crippen LogP) is 1.43. The first kappa shape index (κ1) is 26.6. The van der Waals surface area contributed by atoms with Crippen LogP contribution >= 0.6 is 0 Å². The minimum absolute atomic E-state index is 0.0114. The zero-order valence-electron chi connectivity index (χ0n) is 20.9. The smallest absolute Gasteiger partial charge is 0.407 e. The van der Waals surface area contributed by atoms with Gasteiger partial charge in [-0.05, 0) is 50.3 Å². The van der Waals surface area contributed by atoms with Crippen molar-refractivity contribution in [2.24, 2.45) is 11.3 Å². The lowest BCUT2D eigenvalue weighted by Crippen LogP contribution is -2.60. The summed E-state index contributed by atoms with van der Waals surface area (Å²) < 4.78 is 34.0. The van der Waals surface area contributed by atoms with Crippen molar-refractivity contribution in [1.82, 2.24) is 14.7 Å². The van der Waals surface area contributed by atoms with Crippen molar-refractivity contribution in [2.45, 2.75) is 39.2 Å². The van der Waals surface area contributed by atoms with Crippen LogP contribution in [0.3, 0.4) is 0 Å². The van der Waals surface area contributed by atoms with Gasteiger partial charge in [-0.2, -0.15) is 4.31 Å². The van der Waals surface area contributed by atoms with E-state index in [0.29, 0.717) is 32.7 Å². The van der Waals surface area contributed by atoms with Gasteiger partial charge in [0.25, 0.3) is 5.91 Å². The fraction of sp³-hybridized carbons (Fsp3) is 0.667. The van der Waals surface area contributed by atoms with E-state index in [2.05, 4.69) is 11.8 Å². The molecule has 3 atom stereocenters.